The SMILES string of the molecule is CC[C@@H]1OC(=O)[C@H](C)C(=O)[C@H](C)[C@@H](O[C@@H]2O[C@H]([C@@H](C)N(C)C)CC(N(C)C)C2O)[C@](C)(OC)C[C@@H](C)CN[C@H](C)[C@H]2NC(=O)O[C@]12C. The van der Waals surface area contributed by atoms with Gasteiger partial charge in [-0.25, -0.2) is 4.79 Å². The van der Waals surface area contributed by atoms with Crippen molar-refractivity contribution < 1.29 is 43.2 Å². The zero-order valence-corrected chi connectivity index (χ0v) is 30.9. The number of ketones is 1. The third-order valence-electron chi connectivity index (χ3n) is 11.0. The van der Waals surface area contributed by atoms with E-state index in [1.165, 1.54) is 6.92 Å². The Morgan fingerprint density at radius 2 is 1.72 bits per heavy atom. The van der Waals surface area contributed by atoms with E-state index in [2.05, 4.69) is 29.4 Å². The summed E-state index contributed by atoms with van der Waals surface area (Å²) in [6.07, 6.45) is -3.12. The van der Waals surface area contributed by atoms with Gasteiger partial charge in [-0.15, -0.1) is 0 Å². The molecule has 0 radical (unpaired) electrons. The number of carbonyl (C=O) groups is 3. The zero-order valence-electron chi connectivity index (χ0n) is 30.9. The third-order valence-corrected chi connectivity index (χ3v) is 11.0. The highest BCUT2D eigenvalue weighted by Crippen LogP contribution is 2.38. The number of aliphatic hydroxyl groups is 1. The van der Waals surface area contributed by atoms with Crippen LogP contribution in [0.5, 0.6) is 0 Å². The van der Waals surface area contributed by atoms with Gasteiger partial charge < -0.3 is 49.2 Å². The molecule has 1 amide bonds. The largest absolute Gasteiger partial charge is 0.458 e. The van der Waals surface area contributed by atoms with Crippen molar-refractivity contribution in [2.45, 2.75) is 141 Å². The predicted octanol–water partition coefficient (Wildman–Crippen LogP) is 2.18. The monoisotopic (exact) mass is 670 g/mol. The maximum absolute atomic E-state index is 14.2. The molecule has 14 atom stereocenters. The summed E-state index contributed by atoms with van der Waals surface area (Å²) in [6, 6.07) is -0.959. The van der Waals surface area contributed by atoms with Crippen molar-refractivity contribution in [3.05, 3.63) is 0 Å². The van der Waals surface area contributed by atoms with Gasteiger partial charge in [-0.3, -0.25) is 9.59 Å². The molecule has 3 N–H and O–H groups in total. The number of rotatable bonds is 7. The number of alkyl carbamates (subject to hydrolysis) is 1. The van der Waals surface area contributed by atoms with E-state index in [1.807, 2.05) is 53.9 Å². The van der Waals surface area contributed by atoms with Crippen LogP contribution in [0.15, 0.2) is 0 Å². The molecule has 13 nitrogen and oxygen atoms in total. The minimum absolute atomic E-state index is 0.0238. The molecule has 13 heteroatoms. The summed E-state index contributed by atoms with van der Waals surface area (Å²) >= 11 is 0. The van der Waals surface area contributed by atoms with Crippen LogP contribution in [0.25, 0.3) is 0 Å². The number of hydrogen-bond acceptors (Lipinski definition) is 12. The smallest absolute Gasteiger partial charge is 0.408 e. The van der Waals surface area contributed by atoms with Crippen LogP contribution >= 0.6 is 0 Å². The van der Waals surface area contributed by atoms with Crippen LogP contribution in [0.4, 0.5) is 4.79 Å². The summed E-state index contributed by atoms with van der Waals surface area (Å²) in [5, 5.41) is 18.0. The van der Waals surface area contributed by atoms with Crippen molar-refractivity contribution in [3.63, 3.8) is 0 Å². The lowest BCUT2D eigenvalue weighted by molar-refractivity contribution is -0.302. The first-order valence-electron chi connectivity index (χ1n) is 17.1. The minimum Gasteiger partial charge on any atom is -0.458 e. The van der Waals surface area contributed by atoms with Crippen molar-refractivity contribution in [2.24, 2.45) is 17.8 Å². The maximum Gasteiger partial charge on any atom is 0.408 e. The molecule has 0 aromatic carbocycles. The molecule has 3 aliphatic heterocycles. The Hall–Kier alpha value is -1.87. The van der Waals surface area contributed by atoms with Gasteiger partial charge in [-0.05, 0) is 94.5 Å². The van der Waals surface area contributed by atoms with Crippen molar-refractivity contribution in [1.82, 2.24) is 20.4 Å². The van der Waals surface area contributed by atoms with E-state index in [9.17, 15) is 19.5 Å². The number of esters is 1. The van der Waals surface area contributed by atoms with Crippen LogP contribution in [0.1, 0.15) is 74.7 Å². The minimum atomic E-state index is -1.16. The summed E-state index contributed by atoms with van der Waals surface area (Å²) in [4.78, 5) is 44.4. The van der Waals surface area contributed by atoms with Crippen LogP contribution in [0.2, 0.25) is 0 Å². The molecule has 272 valence electrons. The number of nitrogens with zero attached hydrogens (tertiary/aromatic N) is 2. The molecule has 0 spiro atoms. The summed E-state index contributed by atoms with van der Waals surface area (Å²) in [6.45, 7) is 15.4. The number of likely N-dealkylation sites (N-methyl/N-ethyl adjacent to an activating group) is 2. The van der Waals surface area contributed by atoms with Crippen LogP contribution in [0, 0.1) is 17.8 Å². The normalized spacial score (nSPS) is 43.4. The molecule has 3 heterocycles. The highest BCUT2D eigenvalue weighted by Gasteiger charge is 2.55. The zero-order chi connectivity index (χ0) is 35.6. The highest BCUT2D eigenvalue weighted by atomic mass is 16.7. The Morgan fingerprint density at radius 1 is 1.09 bits per heavy atom. The van der Waals surface area contributed by atoms with E-state index in [0.717, 1.165) is 0 Å². The average molecular weight is 671 g/mol. The fourth-order valence-corrected chi connectivity index (χ4v) is 7.62. The number of amides is 1. The molecule has 3 saturated heterocycles. The van der Waals surface area contributed by atoms with E-state index in [1.54, 1.807) is 21.0 Å². The Balaban J connectivity index is 2.05. The molecular formula is C34H62N4O9. The number of aliphatic hydroxyl groups excluding tert-OH is 1. The van der Waals surface area contributed by atoms with Gasteiger partial charge in [0.25, 0.3) is 0 Å². The van der Waals surface area contributed by atoms with E-state index in [4.69, 9.17) is 23.7 Å². The van der Waals surface area contributed by atoms with Crippen molar-refractivity contribution in [3.8, 4) is 0 Å². The highest BCUT2D eigenvalue weighted by molar-refractivity contribution is 6.00. The van der Waals surface area contributed by atoms with Gasteiger partial charge in [0.1, 0.15) is 18.1 Å². The average Bonchev–Trinajstić information content (AvgIpc) is 3.33. The molecule has 0 aromatic rings. The van der Waals surface area contributed by atoms with Gasteiger partial charge >= 0.3 is 12.1 Å². The number of methoxy groups -OCH3 is 1. The molecule has 3 fully saturated rings. The summed E-state index contributed by atoms with van der Waals surface area (Å²) in [5.74, 6) is -3.07. The second kappa shape index (κ2) is 15.8. The number of ether oxygens (including phenoxy) is 5. The number of fused-ring (bicyclic) bond motifs is 1. The molecule has 0 bridgehead atoms. The second-order valence-electron chi connectivity index (χ2n) is 15.0. The quantitative estimate of drug-likeness (QED) is 0.269. The summed E-state index contributed by atoms with van der Waals surface area (Å²) < 4.78 is 31.1. The Morgan fingerprint density at radius 3 is 2.28 bits per heavy atom. The second-order valence-corrected chi connectivity index (χ2v) is 15.0. The summed E-state index contributed by atoms with van der Waals surface area (Å²) in [7, 11) is 9.38. The number of carbonyl (C=O) groups excluding carboxylic acids is 3. The van der Waals surface area contributed by atoms with Crippen molar-refractivity contribution in [1.29, 1.82) is 0 Å². The van der Waals surface area contributed by atoms with Gasteiger partial charge in [-0.1, -0.05) is 20.8 Å². The van der Waals surface area contributed by atoms with Gasteiger partial charge in [0.2, 0.25) is 0 Å². The fraction of sp³-hybridized carbons (Fsp3) is 0.912. The first-order valence-corrected chi connectivity index (χ1v) is 17.1. The standard InChI is InChI=1S/C34H62N4O9/c1-14-25-34(8)28(36-32(42)47-34)21(5)35-17-18(2)16-33(7,43-13)29(19(3)26(39)20(4)30(41)45-25)46-31-27(40)23(38(11)12)15-24(44-31)22(6)37(9)10/h18-25,27-29,31,35,40H,14-17H2,1-13H3,(H,36,42)/t18-,19+,20-,21-,22-,23?,24+,25+,27?,28-,29-,31+,33-,34-/m1/s1. The Labute approximate surface area is 281 Å². The molecule has 3 rings (SSSR count). The van der Waals surface area contributed by atoms with E-state index in [0.29, 0.717) is 25.8 Å². The topological polar surface area (TPSA) is 148 Å². The summed E-state index contributed by atoms with van der Waals surface area (Å²) in [5.41, 5.74) is -2.18. The van der Waals surface area contributed by atoms with Crippen LogP contribution in [0.3, 0.4) is 0 Å². The Kier molecular flexibility index (Phi) is 13.3. The van der Waals surface area contributed by atoms with Crippen LogP contribution in [-0.4, -0.2) is 141 Å². The molecule has 2 unspecified atom stereocenters. The first-order chi connectivity index (χ1) is 21.8. The van der Waals surface area contributed by atoms with E-state index < -0.39 is 65.7 Å². The molecule has 3 aliphatic rings. The third kappa shape index (κ3) is 8.48. The van der Waals surface area contributed by atoms with Gasteiger partial charge in [0.15, 0.2) is 17.7 Å². The fourth-order valence-electron chi connectivity index (χ4n) is 7.62. The number of cyclic esters (lactones) is 1. The number of Topliss-reactive ketones (excluding diaryl/α,β-unsaturated/α-hetero) is 1. The molecule has 0 saturated carbocycles. The maximum atomic E-state index is 14.2. The molecule has 0 aromatic heterocycles. The molecule has 47 heavy (non-hydrogen) atoms. The van der Waals surface area contributed by atoms with Gasteiger partial charge in [0.05, 0.1) is 23.9 Å². The van der Waals surface area contributed by atoms with Crippen molar-refractivity contribution >= 4 is 17.8 Å². The first kappa shape index (κ1) is 39.6. The van der Waals surface area contributed by atoms with E-state index in [-0.39, 0.29) is 35.9 Å². The lowest BCUT2D eigenvalue weighted by Crippen LogP contribution is -2.61. The number of hydrogen-bond donors (Lipinski definition) is 3. The number of nitrogens with one attached hydrogen (secondary N) is 2. The molecular weight excluding hydrogens is 608 g/mol. The van der Waals surface area contributed by atoms with Crippen LogP contribution in [-0.2, 0) is 33.3 Å². The lowest BCUT2D eigenvalue weighted by atomic mass is 9.78. The lowest BCUT2D eigenvalue weighted by Gasteiger charge is -2.48. The Bertz CT molecular complexity index is 1090. The van der Waals surface area contributed by atoms with Gasteiger partial charge in [0, 0.05) is 31.2 Å². The van der Waals surface area contributed by atoms with Gasteiger partial charge in [-0.2, -0.15) is 0 Å². The molecule has 0 aliphatic carbocycles. The van der Waals surface area contributed by atoms with E-state index >= 15 is 0 Å². The van der Waals surface area contributed by atoms with Crippen molar-refractivity contribution in [2.75, 3.05) is 41.8 Å². The predicted molar refractivity (Wildman–Crippen MR) is 177 cm³/mol. The van der Waals surface area contributed by atoms with Crippen LogP contribution < -0.4 is 10.6 Å².